The molecular weight excluding hydrogens is 296 g/mol. The lowest BCUT2D eigenvalue weighted by Crippen LogP contribution is -2.10. The molecule has 0 spiro atoms. The number of nitrogens with one attached hydrogen (secondary N) is 1. The highest BCUT2D eigenvalue weighted by Gasteiger charge is 2.10. The summed E-state index contributed by atoms with van der Waals surface area (Å²) in [6.45, 7) is 4.22. The number of anilines is 1. The zero-order valence-electron chi connectivity index (χ0n) is 10.7. The molecule has 3 N–H and O–H groups in total. The van der Waals surface area contributed by atoms with Gasteiger partial charge in [0.25, 0.3) is 0 Å². The van der Waals surface area contributed by atoms with Crippen LogP contribution >= 0.6 is 35.2 Å². The minimum Gasteiger partial charge on any atom is -0.389 e. The summed E-state index contributed by atoms with van der Waals surface area (Å²) in [5, 5.41) is 4.03. The highest BCUT2D eigenvalue weighted by atomic mass is 35.5. The number of rotatable bonds is 4. The molecule has 1 unspecified atom stereocenters. The molecule has 100 valence electrons. The SMILES string of the molecule is Cc1ccc(C(C)Nc2ccc(C(N)=S)cc2Cl)s1. The van der Waals surface area contributed by atoms with E-state index in [1.165, 1.54) is 9.75 Å². The Morgan fingerprint density at radius 2 is 2.11 bits per heavy atom. The fraction of sp³-hybridized carbons (Fsp3) is 0.214. The summed E-state index contributed by atoms with van der Waals surface area (Å²) in [6.07, 6.45) is 0. The van der Waals surface area contributed by atoms with Crippen molar-refractivity contribution in [3.05, 3.63) is 50.7 Å². The maximum absolute atomic E-state index is 6.24. The molecular formula is C14H15ClN2S2. The van der Waals surface area contributed by atoms with E-state index in [1.807, 2.05) is 12.1 Å². The van der Waals surface area contributed by atoms with Crippen LogP contribution in [0.4, 0.5) is 5.69 Å². The quantitative estimate of drug-likeness (QED) is 0.816. The summed E-state index contributed by atoms with van der Waals surface area (Å²) >= 11 is 13.0. The minimum absolute atomic E-state index is 0.215. The molecule has 1 aromatic heterocycles. The summed E-state index contributed by atoms with van der Waals surface area (Å²) in [5.41, 5.74) is 7.25. The third-order valence-electron chi connectivity index (χ3n) is 2.81. The van der Waals surface area contributed by atoms with Gasteiger partial charge in [0.2, 0.25) is 0 Å². The van der Waals surface area contributed by atoms with E-state index in [1.54, 1.807) is 17.4 Å². The number of thiophene rings is 1. The van der Waals surface area contributed by atoms with Crippen molar-refractivity contribution in [2.24, 2.45) is 5.73 Å². The molecule has 0 fully saturated rings. The highest BCUT2D eigenvalue weighted by Crippen LogP contribution is 2.29. The van der Waals surface area contributed by atoms with Gasteiger partial charge in [0.15, 0.2) is 0 Å². The molecule has 0 aliphatic rings. The summed E-state index contributed by atoms with van der Waals surface area (Å²) < 4.78 is 0. The standard InChI is InChI=1S/C14H15ClN2S2/c1-8-3-6-13(19-8)9(2)17-12-5-4-10(14(16)18)7-11(12)15/h3-7,9,17H,1-2H3,(H2,16,18). The van der Waals surface area contributed by atoms with E-state index >= 15 is 0 Å². The van der Waals surface area contributed by atoms with Crippen LogP contribution in [0.1, 0.15) is 28.3 Å². The van der Waals surface area contributed by atoms with E-state index in [2.05, 4.69) is 31.3 Å². The Hall–Kier alpha value is -1.10. The average molecular weight is 311 g/mol. The lowest BCUT2D eigenvalue weighted by molar-refractivity contribution is 0.908. The Morgan fingerprint density at radius 3 is 2.63 bits per heavy atom. The van der Waals surface area contributed by atoms with Crippen LogP contribution in [0.2, 0.25) is 5.02 Å². The Morgan fingerprint density at radius 1 is 1.37 bits per heavy atom. The normalized spacial score (nSPS) is 12.2. The molecule has 0 saturated carbocycles. The van der Waals surface area contributed by atoms with Crippen LogP contribution in [0, 0.1) is 6.92 Å². The molecule has 0 amide bonds. The van der Waals surface area contributed by atoms with Crippen LogP contribution in [0.3, 0.4) is 0 Å². The lowest BCUT2D eigenvalue weighted by atomic mass is 10.2. The topological polar surface area (TPSA) is 38.0 Å². The van der Waals surface area contributed by atoms with Gasteiger partial charge < -0.3 is 11.1 Å². The Labute approximate surface area is 127 Å². The zero-order valence-corrected chi connectivity index (χ0v) is 13.1. The third-order valence-corrected chi connectivity index (χ3v) is 4.55. The second kappa shape index (κ2) is 5.90. The van der Waals surface area contributed by atoms with Crippen LogP contribution in [-0.2, 0) is 0 Å². The number of aryl methyl sites for hydroxylation is 1. The van der Waals surface area contributed by atoms with Gasteiger partial charge in [0.1, 0.15) is 4.99 Å². The van der Waals surface area contributed by atoms with Crippen molar-refractivity contribution in [1.29, 1.82) is 0 Å². The maximum Gasteiger partial charge on any atom is 0.104 e. The van der Waals surface area contributed by atoms with Gasteiger partial charge in [-0.1, -0.05) is 23.8 Å². The molecule has 2 aromatic rings. The van der Waals surface area contributed by atoms with Crippen LogP contribution in [0.15, 0.2) is 30.3 Å². The molecule has 0 radical (unpaired) electrons. The van der Waals surface area contributed by atoms with Crippen molar-refractivity contribution < 1.29 is 0 Å². The molecule has 1 heterocycles. The fourth-order valence-corrected chi connectivity index (χ4v) is 3.02. The fourth-order valence-electron chi connectivity index (χ4n) is 1.78. The van der Waals surface area contributed by atoms with Crippen molar-refractivity contribution in [1.82, 2.24) is 0 Å². The molecule has 0 saturated heterocycles. The number of halogens is 1. The molecule has 0 aliphatic carbocycles. The second-order valence-electron chi connectivity index (χ2n) is 4.37. The van der Waals surface area contributed by atoms with E-state index in [0.29, 0.717) is 10.0 Å². The summed E-state index contributed by atoms with van der Waals surface area (Å²) in [4.78, 5) is 2.95. The smallest absolute Gasteiger partial charge is 0.104 e. The van der Waals surface area contributed by atoms with Crippen LogP contribution in [0.25, 0.3) is 0 Å². The first-order valence-electron chi connectivity index (χ1n) is 5.89. The number of hydrogen-bond donors (Lipinski definition) is 2. The highest BCUT2D eigenvalue weighted by molar-refractivity contribution is 7.80. The van der Waals surface area contributed by atoms with Gasteiger partial charge in [0, 0.05) is 15.3 Å². The van der Waals surface area contributed by atoms with Gasteiger partial charge in [-0.05, 0) is 44.2 Å². The number of benzene rings is 1. The molecule has 0 aliphatic heterocycles. The first kappa shape index (κ1) is 14.3. The van der Waals surface area contributed by atoms with Gasteiger partial charge >= 0.3 is 0 Å². The third kappa shape index (κ3) is 3.47. The maximum atomic E-state index is 6.24. The van der Waals surface area contributed by atoms with Crippen molar-refractivity contribution >= 4 is 45.8 Å². The lowest BCUT2D eigenvalue weighted by Gasteiger charge is -2.15. The van der Waals surface area contributed by atoms with Gasteiger partial charge in [-0.15, -0.1) is 11.3 Å². The van der Waals surface area contributed by atoms with Crippen LogP contribution in [-0.4, -0.2) is 4.99 Å². The van der Waals surface area contributed by atoms with E-state index in [4.69, 9.17) is 29.6 Å². The number of thiocarbonyl (C=S) groups is 1. The molecule has 5 heteroatoms. The van der Waals surface area contributed by atoms with Gasteiger partial charge in [-0.25, -0.2) is 0 Å². The van der Waals surface area contributed by atoms with Crippen molar-refractivity contribution in [3.8, 4) is 0 Å². The Balaban J connectivity index is 2.17. The van der Waals surface area contributed by atoms with Crippen LogP contribution < -0.4 is 11.1 Å². The van der Waals surface area contributed by atoms with Crippen LogP contribution in [0.5, 0.6) is 0 Å². The predicted molar refractivity (Wildman–Crippen MR) is 88.4 cm³/mol. The molecule has 0 bridgehead atoms. The van der Waals surface area contributed by atoms with Crippen molar-refractivity contribution in [2.45, 2.75) is 19.9 Å². The van der Waals surface area contributed by atoms with Gasteiger partial charge in [0.05, 0.1) is 16.8 Å². The monoisotopic (exact) mass is 310 g/mol. The van der Waals surface area contributed by atoms with Crippen molar-refractivity contribution in [3.63, 3.8) is 0 Å². The number of hydrogen-bond acceptors (Lipinski definition) is 3. The zero-order chi connectivity index (χ0) is 14.0. The Bertz CT molecular complexity index is 607. The Kier molecular flexibility index (Phi) is 4.45. The molecule has 1 aromatic carbocycles. The summed E-state index contributed by atoms with van der Waals surface area (Å²) in [7, 11) is 0. The largest absolute Gasteiger partial charge is 0.389 e. The van der Waals surface area contributed by atoms with E-state index in [9.17, 15) is 0 Å². The molecule has 2 rings (SSSR count). The van der Waals surface area contributed by atoms with Gasteiger partial charge in [-0.3, -0.25) is 0 Å². The van der Waals surface area contributed by atoms with E-state index < -0.39 is 0 Å². The average Bonchev–Trinajstić information content (AvgIpc) is 2.78. The van der Waals surface area contributed by atoms with E-state index in [0.717, 1.165) is 11.3 Å². The predicted octanol–water partition coefficient (Wildman–Crippen LogP) is 4.52. The van der Waals surface area contributed by atoms with Gasteiger partial charge in [-0.2, -0.15) is 0 Å². The van der Waals surface area contributed by atoms with E-state index in [-0.39, 0.29) is 6.04 Å². The first-order chi connectivity index (χ1) is 8.97. The summed E-state index contributed by atoms with van der Waals surface area (Å²) in [6, 6.07) is 10.0. The molecule has 1 atom stereocenters. The second-order valence-corrected chi connectivity index (χ2v) is 6.54. The van der Waals surface area contributed by atoms with Crippen molar-refractivity contribution in [2.75, 3.05) is 5.32 Å². The minimum atomic E-state index is 0.215. The summed E-state index contributed by atoms with van der Waals surface area (Å²) in [5.74, 6) is 0. The molecule has 2 nitrogen and oxygen atoms in total. The first-order valence-corrected chi connectivity index (χ1v) is 7.50. The molecule has 19 heavy (non-hydrogen) atoms. The number of nitrogens with two attached hydrogens (primary N) is 1.